The summed E-state index contributed by atoms with van der Waals surface area (Å²) < 4.78 is 5.30. The summed E-state index contributed by atoms with van der Waals surface area (Å²) in [5.74, 6) is 0.762. The van der Waals surface area contributed by atoms with Crippen LogP contribution in [-0.2, 0) is 0 Å². The van der Waals surface area contributed by atoms with Crippen LogP contribution >= 0.6 is 0 Å². The Hall–Kier alpha value is -1.42. The molecule has 88 valence electrons. The number of nitrogens with zero attached hydrogens (tertiary/aromatic N) is 1. The first kappa shape index (κ1) is 11.1. The highest BCUT2D eigenvalue weighted by Crippen LogP contribution is 2.34. The summed E-state index contributed by atoms with van der Waals surface area (Å²) >= 11 is 0. The van der Waals surface area contributed by atoms with E-state index in [0.717, 1.165) is 24.4 Å². The highest BCUT2D eigenvalue weighted by molar-refractivity contribution is 5.64. The van der Waals surface area contributed by atoms with Crippen LogP contribution in [0.4, 0.5) is 11.4 Å². The van der Waals surface area contributed by atoms with E-state index < -0.39 is 5.60 Å². The minimum absolute atomic E-state index is 0.605. The number of anilines is 2. The third-order valence-electron chi connectivity index (χ3n) is 3.00. The zero-order valence-electron chi connectivity index (χ0n) is 9.73. The quantitative estimate of drug-likeness (QED) is 0.739. The monoisotopic (exact) mass is 222 g/mol. The first-order chi connectivity index (χ1) is 7.52. The van der Waals surface area contributed by atoms with Crippen LogP contribution in [0.15, 0.2) is 18.2 Å². The second-order valence-electron chi connectivity index (χ2n) is 4.60. The van der Waals surface area contributed by atoms with Gasteiger partial charge in [-0.25, -0.2) is 0 Å². The van der Waals surface area contributed by atoms with Gasteiger partial charge in [0.05, 0.1) is 18.4 Å². The van der Waals surface area contributed by atoms with Crippen molar-refractivity contribution >= 4 is 11.4 Å². The first-order valence-electron chi connectivity index (χ1n) is 5.43. The molecule has 0 saturated carbocycles. The van der Waals surface area contributed by atoms with Crippen molar-refractivity contribution in [1.82, 2.24) is 0 Å². The molecule has 1 aliphatic heterocycles. The minimum Gasteiger partial charge on any atom is -0.495 e. The van der Waals surface area contributed by atoms with Crippen molar-refractivity contribution in [3.8, 4) is 5.75 Å². The molecule has 1 fully saturated rings. The molecule has 0 aliphatic carbocycles. The largest absolute Gasteiger partial charge is 0.495 e. The van der Waals surface area contributed by atoms with Crippen LogP contribution in [0.3, 0.4) is 0 Å². The molecule has 0 amide bonds. The molecule has 1 aromatic rings. The van der Waals surface area contributed by atoms with E-state index in [1.165, 1.54) is 0 Å². The van der Waals surface area contributed by atoms with Crippen molar-refractivity contribution in [2.24, 2.45) is 0 Å². The number of hydrogen-bond acceptors (Lipinski definition) is 4. The molecule has 1 heterocycles. The molecule has 4 nitrogen and oxygen atoms in total. The van der Waals surface area contributed by atoms with Crippen molar-refractivity contribution in [2.75, 3.05) is 30.8 Å². The Bertz CT molecular complexity index is 391. The van der Waals surface area contributed by atoms with Gasteiger partial charge in [0.2, 0.25) is 0 Å². The van der Waals surface area contributed by atoms with Crippen LogP contribution in [0, 0.1) is 0 Å². The number of benzene rings is 1. The lowest BCUT2D eigenvalue weighted by Crippen LogP contribution is -2.29. The third-order valence-corrected chi connectivity index (χ3v) is 3.00. The summed E-state index contributed by atoms with van der Waals surface area (Å²) in [5.41, 5.74) is 6.78. The third kappa shape index (κ3) is 2.07. The Morgan fingerprint density at radius 3 is 2.81 bits per heavy atom. The highest BCUT2D eigenvalue weighted by Gasteiger charge is 2.32. The molecule has 3 N–H and O–H groups in total. The van der Waals surface area contributed by atoms with Gasteiger partial charge < -0.3 is 20.5 Å². The number of nitrogen functional groups attached to an aromatic ring is 1. The van der Waals surface area contributed by atoms with Crippen molar-refractivity contribution in [3.05, 3.63) is 18.2 Å². The van der Waals surface area contributed by atoms with E-state index >= 15 is 0 Å². The molecule has 1 unspecified atom stereocenters. The number of rotatable bonds is 2. The zero-order chi connectivity index (χ0) is 11.8. The van der Waals surface area contributed by atoms with Gasteiger partial charge in [-0.2, -0.15) is 0 Å². The van der Waals surface area contributed by atoms with E-state index in [2.05, 4.69) is 4.90 Å². The first-order valence-corrected chi connectivity index (χ1v) is 5.43. The maximum absolute atomic E-state index is 9.94. The van der Waals surface area contributed by atoms with Crippen LogP contribution < -0.4 is 15.4 Å². The topological polar surface area (TPSA) is 58.7 Å². The van der Waals surface area contributed by atoms with Gasteiger partial charge in [0.1, 0.15) is 5.75 Å². The Morgan fingerprint density at radius 2 is 2.25 bits per heavy atom. The molecular formula is C12H18N2O2. The number of methoxy groups -OCH3 is 1. The van der Waals surface area contributed by atoms with Gasteiger partial charge in [-0.15, -0.1) is 0 Å². The van der Waals surface area contributed by atoms with Crippen LogP contribution in [0.2, 0.25) is 0 Å². The number of β-amino-alcohol motifs (C(OH)–C–C–N with tert-alkyl or cyclic N) is 1. The fraction of sp³-hybridized carbons (Fsp3) is 0.500. The van der Waals surface area contributed by atoms with E-state index in [9.17, 15) is 5.11 Å². The standard InChI is InChI=1S/C12H18N2O2/c1-12(15)5-6-14(8-12)10-4-3-9(13)7-11(10)16-2/h3-4,7,15H,5-6,8,13H2,1-2H3. The Kier molecular flexibility index (Phi) is 2.68. The lowest BCUT2D eigenvalue weighted by atomic mass is 10.1. The second-order valence-corrected chi connectivity index (χ2v) is 4.60. The van der Waals surface area contributed by atoms with Gasteiger partial charge in [0, 0.05) is 24.8 Å². The molecule has 0 radical (unpaired) electrons. The van der Waals surface area contributed by atoms with Crippen LogP contribution in [0.1, 0.15) is 13.3 Å². The average Bonchev–Trinajstić information content (AvgIpc) is 2.58. The summed E-state index contributed by atoms with van der Waals surface area (Å²) in [4.78, 5) is 2.12. The Labute approximate surface area is 95.6 Å². The van der Waals surface area contributed by atoms with Gasteiger partial charge in [0.25, 0.3) is 0 Å². The molecule has 0 aromatic heterocycles. The van der Waals surface area contributed by atoms with Gasteiger partial charge in [-0.05, 0) is 25.5 Å². The Balaban J connectivity index is 2.27. The summed E-state index contributed by atoms with van der Waals surface area (Å²) in [6.45, 7) is 3.33. The smallest absolute Gasteiger partial charge is 0.144 e. The Morgan fingerprint density at radius 1 is 1.50 bits per heavy atom. The van der Waals surface area contributed by atoms with Gasteiger partial charge in [-0.1, -0.05) is 0 Å². The molecule has 4 heteroatoms. The number of hydrogen-bond donors (Lipinski definition) is 2. The fourth-order valence-electron chi connectivity index (χ4n) is 2.11. The van der Waals surface area contributed by atoms with E-state index in [1.54, 1.807) is 7.11 Å². The molecule has 0 bridgehead atoms. The van der Waals surface area contributed by atoms with Crippen molar-refractivity contribution < 1.29 is 9.84 Å². The predicted molar refractivity (Wildman–Crippen MR) is 64.9 cm³/mol. The SMILES string of the molecule is COc1cc(N)ccc1N1CCC(C)(O)C1. The van der Waals surface area contributed by atoms with Gasteiger partial charge >= 0.3 is 0 Å². The summed E-state index contributed by atoms with van der Waals surface area (Å²) in [6.07, 6.45) is 0.778. The lowest BCUT2D eigenvalue weighted by Gasteiger charge is -2.23. The van der Waals surface area contributed by atoms with E-state index in [0.29, 0.717) is 12.2 Å². The molecule has 0 spiro atoms. The normalized spacial score (nSPS) is 24.8. The second kappa shape index (κ2) is 3.87. The molecule has 1 aliphatic rings. The summed E-state index contributed by atoms with van der Waals surface area (Å²) in [6, 6.07) is 5.60. The van der Waals surface area contributed by atoms with Crippen molar-refractivity contribution in [1.29, 1.82) is 0 Å². The van der Waals surface area contributed by atoms with E-state index in [4.69, 9.17) is 10.5 Å². The van der Waals surface area contributed by atoms with Crippen LogP contribution in [0.25, 0.3) is 0 Å². The van der Waals surface area contributed by atoms with Gasteiger partial charge in [0.15, 0.2) is 0 Å². The van der Waals surface area contributed by atoms with Crippen molar-refractivity contribution in [3.63, 3.8) is 0 Å². The highest BCUT2D eigenvalue weighted by atomic mass is 16.5. The maximum atomic E-state index is 9.94. The molecule has 16 heavy (non-hydrogen) atoms. The van der Waals surface area contributed by atoms with Crippen molar-refractivity contribution in [2.45, 2.75) is 18.9 Å². The lowest BCUT2D eigenvalue weighted by molar-refractivity contribution is 0.0839. The van der Waals surface area contributed by atoms with Crippen LogP contribution in [0.5, 0.6) is 5.75 Å². The fourth-order valence-corrected chi connectivity index (χ4v) is 2.11. The maximum Gasteiger partial charge on any atom is 0.144 e. The molecule has 1 aromatic carbocycles. The molecule has 2 rings (SSSR count). The average molecular weight is 222 g/mol. The summed E-state index contributed by atoms with van der Waals surface area (Å²) in [5, 5.41) is 9.94. The molecule has 1 atom stereocenters. The van der Waals surface area contributed by atoms with Crippen LogP contribution in [-0.4, -0.2) is 30.9 Å². The molecular weight excluding hydrogens is 204 g/mol. The predicted octanol–water partition coefficient (Wildman–Crippen LogP) is 1.24. The zero-order valence-corrected chi connectivity index (χ0v) is 9.73. The van der Waals surface area contributed by atoms with E-state index in [-0.39, 0.29) is 0 Å². The number of ether oxygens (including phenoxy) is 1. The van der Waals surface area contributed by atoms with Gasteiger partial charge in [-0.3, -0.25) is 0 Å². The minimum atomic E-state index is -0.605. The number of aliphatic hydroxyl groups is 1. The van der Waals surface area contributed by atoms with E-state index in [1.807, 2.05) is 25.1 Å². The summed E-state index contributed by atoms with van der Waals surface area (Å²) in [7, 11) is 1.63. The molecule has 1 saturated heterocycles. The number of nitrogens with two attached hydrogens (primary N) is 1.